The lowest BCUT2D eigenvalue weighted by molar-refractivity contribution is 0.0359. The van der Waals surface area contributed by atoms with Gasteiger partial charge in [0.25, 0.3) is 0 Å². The number of aromatic nitrogens is 2. The second-order valence-electron chi connectivity index (χ2n) is 5.23. The first-order valence-electron chi connectivity index (χ1n) is 7.08. The first kappa shape index (κ1) is 14.2. The van der Waals surface area contributed by atoms with Crippen molar-refractivity contribution in [2.24, 2.45) is 0 Å². The number of hydrogen-bond acceptors (Lipinski definition) is 5. The van der Waals surface area contributed by atoms with E-state index in [9.17, 15) is 4.39 Å². The average molecular weight is 291 g/mol. The number of piperidine rings is 1. The lowest BCUT2D eigenvalue weighted by Crippen LogP contribution is -2.36. The number of hydrogen-bond donors (Lipinski definition) is 0. The number of halogens is 1. The van der Waals surface area contributed by atoms with Crippen molar-refractivity contribution >= 4 is 0 Å². The van der Waals surface area contributed by atoms with Gasteiger partial charge in [-0.1, -0.05) is 5.16 Å². The van der Waals surface area contributed by atoms with Gasteiger partial charge in [0, 0.05) is 25.8 Å². The summed E-state index contributed by atoms with van der Waals surface area (Å²) >= 11 is 0. The van der Waals surface area contributed by atoms with Crippen LogP contribution in [0.25, 0.3) is 11.4 Å². The molecule has 112 valence electrons. The van der Waals surface area contributed by atoms with Crippen LogP contribution in [0, 0.1) is 5.82 Å². The van der Waals surface area contributed by atoms with E-state index in [1.54, 1.807) is 19.2 Å². The van der Waals surface area contributed by atoms with Gasteiger partial charge in [-0.3, -0.25) is 4.90 Å². The Hall–Kier alpha value is -1.79. The highest BCUT2D eigenvalue weighted by atomic mass is 19.1. The standard InChI is InChI=1S/C15H18FN3O2/c1-20-13-6-8-19(9-7-13)10-14-17-15(18-21-14)11-2-4-12(16)5-3-11/h2-5,13H,6-10H2,1H3. The molecule has 3 rings (SSSR count). The molecule has 21 heavy (non-hydrogen) atoms. The van der Waals surface area contributed by atoms with Crippen molar-refractivity contribution in [3.8, 4) is 11.4 Å². The van der Waals surface area contributed by atoms with Gasteiger partial charge in [-0.05, 0) is 37.1 Å². The molecule has 1 fully saturated rings. The lowest BCUT2D eigenvalue weighted by atomic mass is 10.1. The molecule has 0 spiro atoms. The van der Waals surface area contributed by atoms with Gasteiger partial charge >= 0.3 is 0 Å². The first-order chi connectivity index (χ1) is 10.2. The third-order valence-corrected chi connectivity index (χ3v) is 3.80. The molecule has 0 unspecified atom stereocenters. The van der Waals surface area contributed by atoms with E-state index in [0.717, 1.165) is 31.5 Å². The summed E-state index contributed by atoms with van der Waals surface area (Å²) in [5, 5.41) is 3.95. The van der Waals surface area contributed by atoms with Crippen molar-refractivity contribution in [2.45, 2.75) is 25.5 Å². The maximum absolute atomic E-state index is 12.9. The predicted molar refractivity (Wildman–Crippen MR) is 75.0 cm³/mol. The van der Waals surface area contributed by atoms with Gasteiger partial charge < -0.3 is 9.26 Å². The molecular weight excluding hydrogens is 273 g/mol. The molecule has 0 saturated carbocycles. The second kappa shape index (κ2) is 6.32. The van der Waals surface area contributed by atoms with E-state index in [2.05, 4.69) is 15.0 Å². The lowest BCUT2D eigenvalue weighted by Gasteiger charge is -2.29. The van der Waals surface area contributed by atoms with E-state index in [0.29, 0.717) is 24.4 Å². The first-order valence-corrected chi connectivity index (χ1v) is 7.08. The Morgan fingerprint density at radius 1 is 1.29 bits per heavy atom. The minimum Gasteiger partial charge on any atom is -0.381 e. The van der Waals surface area contributed by atoms with Crippen molar-refractivity contribution in [2.75, 3.05) is 20.2 Å². The van der Waals surface area contributed by atoms with Crippen LogP contribution in [0.2, 0.25) is 0 Å². The summed E-state index contributed by atoms with van der Waals surface area (Å²) in [6, 6.07) is 6.07. The summed E-state index contributed by atoms with van der Waals surface area (Å²) < 4.78 is 23.5. The van der Waals surface area contributed by atoms with Crippen LogP contribution >= 0.6 is 0 Å². The van der Waals surface area contributed by atoms with Crippen molar-refractivity contribution in [3.05, 3.63) is 36.0 Å². The number of ether oxygens (including phenoxy) is 1. The van der Waals surface area contributed by atoms with Crippen molar-refractivity contribution in [3.63, 3.8) is 0 Å². The normalized spacial score (nSPS) is 17.2. The van der Waals surface area contributed by atoms with Crippen LogP contribution in [0.4, 0.5) is 4.39 Å². The van der Waals surface area contributed by atoms with Gasteiger partial charge in [0.2, 0.25) is 11.7 Å². The molecule has 1 aliphatic heterocycles. The highest BCUT2D eigenvalue weighted by Crippen LogP contribution is 2.18. The number of benzene rings is 1. The predicted octanol–water partition coefficient (Wildman–Crippen LogP) is 2.49. The molecule has 0 bridgehead atoms. The Balaban J connectivity index is 1.62. The summed E-state index contributed by atoms with van der Waals surface area (Å²) in [7, 11) is 1.76. The Kier molecular flexibility index (Phi) is 4.26. The zero-order chi connectivity index (χ0) is 14.7. The molecule has 1 aromatic heterocycles. The zero-order valence-electron chi connectivity index (χ0n) is 12.0. The van der Waals surface area contributed by atoms with Crippen molar-refractivity contribution in [1.82, 2.24) is 15.0 Å². The fourth-order valence-corrected chi connectivity index (χ4v) is 2.53. The molecular formula is C15H18FN3O2. The van der Waals surface area contributed by atoms with Gasteiger partial charge in [0.1, 0.15) is 5.82 Å². The molecule has 2 aromatic rings. The molecule has 1 aromatic carbocycles. The molecule has 0 amide bonds. The Morgan fingerprint density at radius 3 is 2.67 bits per heavy atom. The van der Waals surface area contributed by atoms with Crippen LogP contribution < -0.4 is 0 Å². The third kappa shape index (κ3) is 3.46. The monoisotopic (exact) mass is 291 g/mol. The average Bonchev–Trinajstić information content (AvgIpc) is 2.97. The van der Waals surface area contributed by atoms with Gasteiger partial charge in [0.15, 0.2) is 0 Å². The molecule has 0 aliphatic carbocycles. The van der Waals surface area contributed by atoms with Crippen LogP contribution in [0.5, 0.6) is 0 Å². The second-order valence-corrected chi connectivity index (χ2v) is 5.23. The van der Waals surface area contributed by atoms with Gasteiger partial charge in [0.05, 0.1) is 12.6 Å². The van der Waals surface area contributed by atoms with Crippen molar-refractivity contribution < 1.29 is 13.7 Å². The summed E-state index contributed by atoms with van der Waals surface area (Å²) in [6.07, 6.45) is 2.41. The smallest absolute Gasteiger partial charge is 0.241 e. The fraction of sp³-hybridized carbons (Fsp3) is 0.467. The fourth-order valence-electron chi connectivity index (χ4n) is 2.53. The molecule has 1 aliphatic rings. The molecule has 1 saturated heterocycles. The number of likely N-dealkylation sites (tertiary alicyclic amines) is 1. The maximum atomic E-state index is 12.9. The molecule has 6 heteroatoms. The van der Waals surface area contributed by atoms with E-state index in [1.165, 1.54) is 12.1 Å². The van der Waals surface area contributed by atoms with Crippen molar-refractivity contribution in [1.29, 1.82) is 0 Å². The quantitative estimate of drug-likeness (QED) is 0.866. The Morgan fingerprint density at radius 2 is 2.00 bits per heavy atom. The minimum absolute atomic E-state index is 0.275. The number of methoxy groups -OCH3 is 1. The highest BCUT2D eigenvalue weighted by Gasteiger charge is 2.20. The molecule has 5 nitrogen and oxygen atoms in total. The molecule has 0 N–H and O–H groups in total. The molecule has 0 atom stereocenters. The van der Waals surface area contributed by atoms with E-state index in [-0.39, 0.29) is 5.82 Å². The SMILES string of the molecule is COC1CCN(Cc2nc(-c3ccc(F)cc3)no2)CC1. The summed E-state index contributed by atoms with van der Waals surface area (Å²) in [5.74, 6) is 0.811. The largest absolute Gasteiger partial charge is 0.381 e. The summed E-state index contributed by atoms with van der Waals surface area (Å²) in [4.78, 5) is 6.65. The van der Waals surface area contributed by atoms with E-state index in [4.69, 9.17) is 9.26 Å². The number of nitrogens with zero attached hydrogens (tertiary/aromatic N) is 3. The Bertz CT molecular complexity index is 577. The minimum atomic E-state index is -0.275. The highest BCUT2D eigenvalue weighted by molar-refractivity contribution is 5.53. The number of rotatable bonds is 4. The van der Waals surface area contributed by atoms with Crippen LogP contribution in [-0.2, 0) is 11.3 Å². The topological polar surface area (TPSA) is 51.4 Å². The summed E-state index contributed by atoms with van der Waals surface area (Å²) in [5.41, 5.74) is 0.754. The Labute approximate surface area is 122 Å². The zero-order valence-corrected chi connectivity index (χ0v) is 12.0. The van der Waals surface area contributed by atoms with Gasteiger partial charge in [-0.2, -0.15) is 4.98 Å². The van der Waals surface area contributed by atoms with Crippen LogP contribution in [-0.4, -0.2) is 41.3 Å². The van der Waals surface area contributed by atoms with Gasteiger partial charge in [-0.25, -0.2) is 4.39 Å². The van der Waals surface area contributed by atoms with Crippen LogP contribution in [0.1, 0.15) is 18.7 Å². The van der Waals surface area contributed by atoms with Crippen LogP contribution in [0.15, 0.2) is 28.8 Å². The molecule has 0 radical (unpaired) electrons. The van der Waals surface area contributed by atoms with E-state index >= 15 is 0 Å². The van der Waals surface area contributed by atoms with E-state index < -0.39 is 0 Å². The van der Waals surface area contributed by atoms with Crippen LogP contribution in [0.3, 0.4) is 0 Å². The van der Waals surface area contributed by atoms with Gasteiger partial charge in [-0.15, -0.1) is 0 Å². The van der Waals surface area contributed by atoms with E-state index in [1.807, 2.05) is 0 Å². The molecule has 2 heterocycles. The third-order valence-electron chi connectivity index (χ3n) is 3.80. The summed E-state index contributed by atoms with van der Waals surface area (Å²) in [6.45, 7) is 2.57. The maximum Gasteiger partial charge on any atom is 0.241 e.